The van der Waals surface area contributed by atoms with E-state index in [4.69, 9.17) is 4.74 Å². The van der Waals surface area contributed by atoms with Crippen molar-refractivity contribution in [2.45, 2.75) is 32.5 Å². The first-order valence-electron chi connectivity index (χ1n) is 8.96. The Labute approximate surface area is 151 Å². The molecule has 4 heterocycles. The normalized spacial score (nSPS) is 19.2. The molecule has 1 fully saturated rings. The molecule has 0 aromatic carbocycles. The van der Waals surface area contributed by atoms with Crippen molar-refractivity contribution in [3.8, 4) is 0 Å². The Hall–Kier alpha value is -2.26. The van der Waals surface area contributed by atoms with E-state index in [2.05, 4.69) is 15.1 Å². The Morgan fingerprint density at radius 1 is 1.19 bits per heavy atom. The van der Waals surface area contributed by atoms with Gasteiger partial charge in [-0.2, -0.15) is 10.1 Å². The lowest BCUT2D eigenvalue weighted by molar-refractivity contribution is 0.122. The van der Waals surface area contributed by atoms with Crippen LogP contribution in [0.25, 0.3) is 0 Å². The monoisotopic (exact) mass is 362 g/mol. The molecular weight excluding hydrogens is 339 g/mol. The number of nitrogens with zero attached hydrogens (tertiary/aromatic N) is 6. The molecule has 0 spiro atoms. The van der Waals surface area contributed by atoms with Crippen LogP contribution in [0.15, 0.2) is 12.3 Å². The summed E-state index contributed by atoms with van der Waals surface area (Å²) in [6, 6.07) is 1.91. The standard InChI is InChI=1S/C17H23FN6O2/c1-12(25)15-9-13-11-23(3-2-4-24(13)21-15)17-19-10-14(18)16(20-17)22-5-7-26-8-6-22/h9-10,12,25H,2-8,11H2,1H3/t12-/m0/s1. The Morgan fingerprint density at radius 2 is 2.00 bits per heavy atom. The number of aliphatic hydroxyl groups is 1. The molecule has 0 amide bonds. The van der Waals surface area contributed by atoms with Crippen molar-refractivity contribution in [2.24, 2.45) is 0 Å². The van der Waals surface area contributed by atoms with E-state index in [1.54, 1.807) is 6.92 Å². The molecular formula is C17H23FN6O2. The van der Waals surface area contributed by atoms with Gasteiger partial charge in [0, 0.05) is 26.2 Å². The Balaban J connectivity index is 1.60. The van der Waals surface area contributed by atoms with Crippen LogP contribution in [-0.2, 0) is 17.8 Å². The number of hydrogen-bond acceptors (Lipinski definition) is 7. The number of hydrogen-bond donors (Lipinski definition) is 1. The maximum absolute atomic E-state index is 14.3. The largest absolute Gasteiger partial charge is 0.387 e. The van der Waals surface area contributed by atoms with E-state index < -0.39 is 11.9 Å². The maximum Gasteiger partial charge on any atom is 0.227 e. The zero-order chi connectivity index (χ0) is 18.1. The molecule has 2 aliphatic rings. The van der Waals surface area contributed by atoms with E-state index >= 15 is 0 Å². The molecule has 2 aromatic rings. The minimum atomic E-state index is -0.599. The summed E-state index contributed by atoms with van der Waals surface area (Å²) in [5, 5.41) is 14.2. The van der Waals surface area contributed by atoms with Gasteiger partial charge in [-0.1, -0.05) is 0 Å². The van der Waals surface area contributed by atoms with Crippen LogP contribution in [0.4, 0.5) is 16.2 Å². The van der Waals surface area contributed by atoms with Crippen LogP contribution in [0.1, 0.15) is 30.8 Å². The number of aryl methyl sites for hydroxylation is 1. The summed E-state index contributed by atoms with van der Waals surface area (Å²) in [5.74, 6) is 0.439. The van der Waals surface area contributed by atoms with Crippen LogP contribution < -0.4 is 9.80 Å². The molecule has 8 nitrogen and oxygen atoms in total. The van der Waals surface area contributed by atoms with Gasteiger partial charge in [0.1, 0.15) is 0 Å². The molecule has 0 saturated carbocycles. The maximum atomic E-state index is 14.3. The fourth-order valence-corrected chi connectivity index (χ4v) is 3.36. The fraction of sp³-hybridized carbons (Fsp3) is 0.588. The lowest BCUT2D eigenvalue weighted by Gasteiger charge is -2.29. The number of anilines is 2. The van der Waals surface area contributed by atoms with E-state index in [-0.39, 0.29) is 0 Å². The highest BCUT2D eigenvalue weighted by molar-refractivity contribution is 5.45. The second-order valence-electron chi connectivity index (χ2n) is 6.68. The van der Waals surface area contributed by atoms with Crippen LogP contribution >= 0.6 is 0 Å². The quantitative estimate of drug-likeness (QED) is 0.876. The first kappa shape index (κ1) is 17.2. The van der Waals surface area contributed by atoms with Crippen molar-refractivity contribution < 1.29 is 14.2 Å². The second kappa shape index (κ2) is 7.16. The van der Waals surface area contributed by atoms with Crippen LogP contribution in [0.5, 0.6) is 0 Å². The third-order valence-corrected chi connectivity index (χ3v) is 4.77. The predicted molar refractivity (Wildman–Crippen MR) is 93.5 cm³/mol. The number of ether oxygens (including phenoxy) is 1. The van der Waals surface area contributed by atoms with Gasteiger partial charge >= 0.3 is 0 Å². The van der Waals surface area contributed by atoms with Crippen molar-refractivity contribution in [1.29, 1.82) is 0 Å². The SMILES string of the molecule is C[C@H](O)c1cc2n(n1)CCCN(c1ncc(F)c(N3CCOCC3)n1)C2. The highest BCUT2D eigenvalue weighted by atomic mass is 19.1. The summed E-state index contributed by atoms with van der Waals surface area (Å²) in [4.78, 5) is 12.7. The molecule has 26 heavy (non-hydrogen) atoms. The van der Waals surface area contributed by atoms with E-state index in [9.17, 15) is 9.50 Å². The number of halogens is 1. The van der Waals surface area contributed by atoms with Crippen LogP contribution in [0.3, 0.4) is 0 Å². The van der Waals surface area contributed by atoms with Gasteiger partial charge in [0.2, 0.25) is 5.95 Å². The lowest BCUT2D eigenvalue weighted by Crippen LogP contribution is -2.38. The molecule has 2 aromatic heterocycles. The summed E-state index contributed by atoms with van der Waals surface area (Å²) in [7, 11) is 0. The summed E-state index contributed by atoms with van der Waals surface area (Å²) < 4.78 is 21.5. The van der Waals surface area contributed by atoms with E-state index in [0.29, 0.717) is 50.3 Å². The molecule has 1 atom stereocenters. The van der Waals surface area contributed by atoms with Gasteiger partial charge in [0.25, 0.3) is 0 Å². The molecule has 140 valence electrons. The minimum Gasteiger partial charge on any atom is -0.387 e. The average Bonchev–Trinajstić information content (AvgIpc) is 2.95. The van der Waals surface area contributed by atoms with Crippen molar-refractivity contribution >= 4 is 11.8 Å². The number of aliphatic hydroxyl groups excluding tert-OH is 1. The average molecular weight is 362 g/mol. The first-order chi connectivity index (χ1) is 12.6. The van der Waals surface area contributed by atoms with Gasteiger partial charge in [-0.05, 0) is 19.4 Å². The molecule has 9 heteroatoms. The molecule has 0 bridgehead atoms. The third kappa shape index (κ3) is 3.36. The molecule has 2 aliphatic heterocycles. The lowest BCUT2D eigenvalue weighted by atomic mass is 10.2. The molecule has 0 unspecified atom stereocenters. The smallest absolute Gasteiger partial charge is 0.227 e. The Bertz CT molecular complexity index is 775. The summed E-state index contributed by atoms with van der Waals surface area (Å²) in [6.07, 6.45) is 1.52. The van der Waals surface area contributed by atoms with Gasteiger partial charge < -0.3 is 19.6 Å². The third-order valence-electron chi connectivity index (χ3n) is 4.77. The minimum absolute atomic E-state index is 0.334. The van der Waals surface area contributed by atoms with Gasteiger partial charge in [0.15, 0.2) is 11.6 Å². The molecule has 0 aliphatic carbocycles. The molecule has 4 rings (SSSR count). The molecule has 1 saturated heterocycles. The Morgan fingerprint density at radius 3 is 2.77 bits per heavy atom. The number of fused-ring (bicyclic) bond motifs is 1. The van der Waals surface area contributed by atoms with Crippen molar-refractivity contribution in [3.63, 3.8) is 0 Å². The number of rotatable bonds is 3. The number of morpholine rings is 1. The zero-order valence-corrected chi connectivity index (χ0v) is 14.8. The second-order valence-corrected chi connectivity index (χ2v) is 6.68. The van der Waals surface area contributed by atoms with E-state index in [1.165, 1.54) is 6.20 Å². The summed E-state index contributed by atoms with van der Waals surface area (Å²) in [5.41, 5.74) is 1.66. The fourth-order valence-electron chi connectivity index (χ4n) is 3.36. The van der Waals surface area contributed by atoms with Crippen LogP contribution in [-0.4, -0.2) is 57.7 Å². The Kier molecular flexibility index (Phi) is 4.73. The van der Waals surface area contributed by atoms with E-state index in [0.717, 1.165) is 25.2 Å². The highest BCUT2D eigenvalue weighted by Crippen LogP contribution is 2.24. The predicted octanol–water partition coefficient (Wildman–Crippen LogP) is 1.11. The topological polar surface area (TPSA) is 79.5 Å². The van der Waals surface area contributed by atoms with Crippen LogP contribution in [0, 0.1) is 5.82 Å². The van der Waals surface area contributed by atoms with E-state index in [1.807, 2.05) is 20.5 Å². The highest BCUT2D eigenvalue weighted by Gasteiger charge is 2.23. The van der Waals surface area contributed by atoms with Crippen molar-refractivity contribution in [3.05, 3.63) is 29.5 Å². The first-order valence-corrected chi connectivity index (χ1v) is 8.96. The van der Waals surface area contributed by atoms with Gasteiger partial charge in [-0.15, -0.1) is 0 Å². The van der Waals surface area contributed by atoms with Gasteiger partial charge in [-0.25, -0.2) is 9.37 Å². The zero-order valence-electron chi connectivity index (χ0n) is 14.8. The van der Waals surface area contributed by atoms with Crippen LogP contribution in [0.2, 0.25) is 0 Å². The van der Waals surface area contributed by atoms with Gasteiger partial charge in [0.05, 0.1) is 43.4 Å². The van der Waals surface area contributed by atoms with Gasteiger partial charge in [-0.3, -0.25) is 4.68 Å². The molecule has 0 radical (unpaired) electrons. The molecule has 1 N–H and O–H groups in total. The van der Waals surface area contributed by atoms with Crippen molar-refractivity contribution in [1.82, 2.24) is 19.7 Å². The summed E-state index contributed by atoms with van der Waals surface area (Å²) in [6.45, 7) is 6.21. The number of aromatic nitrogens is 4. The van der Waals surface area contributed by atoms with Crippen molar-refractivity contribution in [2.75, 3.05) is 42.6 Å². The summed E-state index contributed by atoms with van der Waals surface area (Å²) >= 11 is 0.